The number of hydrogen-bond donors (Lipinski definition) is 2. The van der Waals surface area contributed by atoms with Gasteiger partial charge in [-0.15, -0.1) is 0 Å². The molecule has 2 aromatic rings. The molecule has 0 unspecified atom stereocenters. The minimum atomic E-state index is -0.391. The van der Waals surface area contributed by atoms with Crippen LogP contribution in [-0.4, -0.2) is 41.0 Å². The van der Waals surface area contributed by atoms with Crippen LogP contribution in [0.2, 0.25) is 10.0 Å². The van der Waals surface area contributed by atoms with Crippen LogP contribution in [0.5, 0.6) is 0 Å². The van der Waals surface area contributed by atoms with Gasteiger partial charge in [0, 0.05) is 21.8 Å². The van der Waals surface area contributed by atoms with Gasteiger partial charge in [0.25, 0.3) is 0 Å². The number of aromatic nitrogens is 1. The van der Waals surface area contributed by atoms with E-state index in [2.05, 4.69) is 15.8 Å². The Balaban J connectivity index is 1.60. The van der Waals surface area contributed by atoms with Crippen LogP contribution in [0.25, 0.3) is 0 Å². The zero-order valence-corrected chi connectivity index (χ0v) is 15.6. The molecule has 7 nitrogen and oxygen atoms in total. The number of anilines is 2. The maximum absolute atomic E-state index is 12.6. The van der Waals surface area contributed by atoms with E-state index in [-0.39, 0.29) is 18.4 Å². The van der Waals surface area contributed by atoms with Crippen molar-refractivity contribution in [2.75, 3.05) is 23.7 Å². The van der Waals surface area contributed by atoms with Gasteiger partial charge >= 0.3 is 0 Å². The third-order valence-electron chi connectivity index (χ3n) is 4.04. The lowest BCUT2D eigenvalue weighted by Gasteiger charge is -2.23. The van der Waals surface area contributed by atoms with Crippen LogP contribution in [0, 0.1) is 6.92 Å². The number of amides is 2. The van der Waals surface area contributed by atoms with Gasteiger partial charge in [-0.3, -0.25) is 14.5 Å². The van der Waals surface area contributed by atoms with Gasteiger partial charge in [-0.25, -0.2) is 0 Å². The summed E-state index contributed by atoms with van der Waals surface area (Å²) in [6.07, 6.45) is 1.52. The van der Waals surface area contributed by atoms with E-state index in [0.717, 1.165) is 6.42 Å². The normalized spacial score (nSPS) is 17.3. The number of carbonyl (C=O) groups is 2. The first-order valence-electron chi connectivity index (χ1n) is 8.15. The molecule has 1 atom stereocenters. The number of nitrogens with zero attached hydrogens (tertiary/aromatic N) is 2. The summed E-state index contributed by atoms with van der Waals surface area (Å²) in [7, 11) is 0. The Morgan fingerprint density at radius 3 is 2.62 bits per heavy atom. The van der Waals surface area contributed by atoms with Crippen LogP contribution in [0.15, 0.2) is 28.8 Å². The fourth-order valence-electron chi connectivity index (χ4n) is 2.96. The first kappa shape index (κ1) is 18.7. The van der Waals surface area contributed by atoms with E-state index in [1.54, 1.807) is 31.2 Å². The molecule has 2 heterocycles. The summed E-state index contributed by atoms with van der Waals surface area (Å²) < 4.78 is 4.92. The Morgan fingerprint density at radius 2 is 1.96 bits per heavy atom. The molecule has 1 aromatic carbocycles. The highest BCUT2D eigenvalue weighted by Gasteiger charge is 2.32. The quantitative estimate of drug-likeness (QED) is 0.808. The number of rotatable bonds is 5. The van der Waals surface area contributed by atoms with Crippen molar-refractivity contribution < 1.29 is 14.1 Å². The Bertz CT molecular complexity index is 804. The maximum Gasteiger partial charge on any atom is 0.241 e. The molecule has 0 aliphatic carbocycles. The van der Waals surface area contributed by atoms with E-state index >= 15 is 0 Å². The number of carbonyl (C=O) groups excluding carboxylic acids is 2. The number of benzene rings is 1. The minimum absolute atomic E-state index is 0.0975. The lowest BCUT2D eigenvalue weighted by Crippen LogP contribution is -2.43. The van der Waals surface area contributed by atoms with E-state index in [0.29, 0.717) is 40.3 Å². The number of likely N-dealkylation sites (tertiary alicyclic amines) is 1. The third kappa shape index (κ3) is 4.75. The highest BCUT2D eigenvalue weighted by atomic mass is 35.5. The zero-order chi connectivity index (χ0) is 18.7. The predicted octanol–water partition coefficient (Wildman–Crippen LogP) is 3.33. The van der Waals surface area contributed by atoms with Crippen molar-refractivity contribution in [3.05, 3.63) is 40.1 Å². The van der Waals surface area contributed by atoms with Gasteiger partial charge in [0.15, 0.2) is 5.82 Å². The van der Waals surface area contributed by atoms with Crippen molar-refractivity contribution in [3.8, 4) is 0 Å². The molecule has 1 aliphatic rings. The Morgan fingerprint density at radius 1 is 1.23 bits per heavy atom. The predicted molar refractivity (Wildman–Crippen MR) is 99.6 cm³/mol. The fourth-order valence-corrected chi connectivity index (χ4v) is 3.48. The molecule has 1 saturated heterocycles. The number of halogens is 2. The second kappa shape index (κ2) is 8.07. The van der Waals surface area contributed by atoms with Crippen molar-refractivity contribution in [2.24, 2.45) is 0 Å². The average Bonchev–Trinajstić information content (AvgIpc) is 3.15. The van der Waals surface area contributed by atoms with E-state index in [1.165, 1.54) is 0 Å². The topological polar surface area (TPSA) is 87.5 Å². The van der Waals surface area contributed by atoms with Crippen LogP contribution in [-0.2, 0) is 9.59 Å². The highest BCUT2D eigenvalue weighted by Crippen LogP contribution is 2.24. The summed E-state index contributed by atoms with van der Waals surface area (Å²) in [4.78, 5) is 26.6. The molecular weight excluding hydrogens is 379 g/mol. The minimum Gasteiger partial charge on any atom is -0.360 e. The smallest absolute Gasteiger partial charge is 0.241 e. The monoisotopic (exact) mass is 396 g/mol. The second-order valence-electron chi connectivity index (χ2n) is 6.15. The molecule has 9 heteroatoms. The Kier molecular flexibility index (Phi) is 5.80. The zero-order valence-electron chi connectivity index (χ0n) is 14.1. The molecule has 0 bridgehead atoms. The average molecular weight is 397 g/mol. The van der Waals surface area contributed by atoms with E-state index in [1.807, 2.05) is 4.90 Å². The van der Waals surface area contributed by atoms with Gasteiger partial charge in [-0.05, 0) is 44.5 Å². The largest absolute Gasteiger partial charge is 0.360 e. The molecule has 1 aliphatic heterocycles. The molecule has 2 N–H and O–H groups in total. The third-order valence-corrected chi connectivity index (χ3v) is 4.47. The van der Waals surface area contributed by atoms with Crippen molar-refractivity contribution in [1.29, 1.82) is 0 Å². The highest BCUT2D eigenvalue weighted by molar-refractivity contribution is 6.35. The summed E-state index contributed by atoms with van der Waals surface area (Å²) in [5.74, 6) is 0.537. The SMILES string of the molecule is Cc1cc(NC(=O)CN2CCC[C@@H]2C(=O)Nc2cc(Cl)cc(Cl)c2)no1. The van der Waals surface area contributed by atoms with Crippen LogP contribution < -0.4 is 10.6 Å². The molecule has 0 saturated carbocycles. The van der Waals surface area contributed by atoms with Crippen molar-refractivity contribution in [1.82, 2.24) is 10.1 Å². The molecule has 0 radical (unpaired) electrons. The first-order chi connectivity index (χ1) is 12.4. The molecular formula is C17H18Cl2N4O3. The molecule has 2 amide bonds. The van der Waals surface area contributed by atoms with Crippen LogP contribution >= 0.6 is 23.2 Å². The Labute approximate surface area is 160 Å². The summed E-state index contributed by atoms with van der Waals surface area (Å²) in [5, 5.41) is 10.1. The number of nitrogens with one attached hydrogen (secondary N) is 2. The van der Waals surface area contributed by atoms with E-state index in [4.69, 9.17) is 27.7 Å². The molecule has 0 spiro atoms. The standard InChI is InChI=1S/C17H18Cl2N4O3/c1-10-5-15(22-26-10)21-16(24)9-23-4-2-3-14(23)17(25)20-13-7-11(18)6-12(19)8-13/h5-8,14H,2-4,9H2,1H3,(H,20,25)(H,21,22,24)/t14-/m1/s1. The van der Waals surface area contributed by atoms with E-state index < -0.39 is 6.04 Å². The van der Waals surface area contributed by atoms with Gasteiger partial charge < -0.3 is 15.2 Å². The molecule has 3 rings (SSSR count). The van der Waals surface area contributed by atoms with Crippen molar-refractivity contribution >= 4 is 46.5 Å². The lowest BCUT2D eigenvalue weighted by atomic mass is 10.2. The number of hydrogen-bond acceptors (Lipinski definition) is 5. The molecule has 26 heavy (non-hydrogen) atoms. The van der Waals surface area contributed by atoms with E-state index in [9.17, 15) is 9.59 Å². The molecule has 1 aromatic heterocycles. The van der Waals surface area contributed by atoms with Crippen LogP contribution in [0.4, 0.5) is 11.5 Å². The second-order valence-corrected chi connectivity index (χ2v) is 7.02. The summed E-state index contributed by atoms with van der Waals surface area (Å²) >= 11 is 11.9. The fraction of sp³-hybridized carbons (Fsp3) is 0.353. The van der Waals surface area contributed by atoms with Gasteiger partial charge in [0.2, 0.25) is 11.8 Å². The van der Waals surface area contributed by atoms with Crippen LogP contribution in [0.1, 0.15) is 18.6 Å². The van der Waals surface area contributed by atoms with Crippen molar-refractivity contribution in [3.63, 3.8) is 0 Å². The van der Waals surface area contributed by atoms with Gasteiger partial charge in [-0.1, -0.05) is 28.4 Å². The Hall–Kier alpha value is -2.09. The molecule has 138 valence electrons. The van der Waals surface area contributed by atoms with Crippen molar-refractivity contribution in [2.45, 2.75) is 25.8 Å². The number of aryl methyl sites for hydroxylation is 1. The van der Waals surface area contributed by atoms with Gasteiger partial charge in [-0.2, -0.15) is 0 Å². The maximum atomic E-state index is 12.6. The summed E-state index contributed by atoms with van der Waals surface area (Å²) in [6.45, 7) is 2.51. The van der Waals surface area contributed by atoms with Gasteiger partial charge in [0.1, 0.15) is 5.76 Å². The molecule has 1 fully saturated rings. The summed E-state index contributed by atoms with van der Waals surface area (Å²) in [6, 6.07) is 6.09. The van der Waals surface area contributed by atoms with Gasteiger partial charge in [0.05, 0.1) is 12.6 Å². The first-order valence-corrected chi connectivity index (χ1v) is 8.90. The van der Waals surface area contributed by atoms with Crippen LogP contribution in [0.3, 0.4) is 0 Å². The summed E-state index contributed by atoms with van der Waals surface area (Å²) in [5.41, 5.74) is 0.530. The lowest BCUT2D eigenvalue weighted by molar-refractivity contribution is -0.122.